The van der Waals surface area contributed by atoms with Crippen molar-refractivity contribution in [1.29, 1.82) is 0 Å². The number of carboxylic acid groups (broad SMARTS) is 1. The minimum absolute atomic E-state index is 0.0628. The SMILES string of the molecule is CCOc1ccc(C[C@H](NC(=O)[C@H]2CC[C@H](C(C)C)CC2)C(=O)O)cc1. The lowest BCUT2D eigenvalue weighted by Gasteiger charge is -2.30. The quantitative estimate of drug-likeness (QED) is 0.741. The highest BCUT2D eigenvalue weighted by atomic mass is 16.5. The van der Waals surface area contributed by atoms with Crippen molar-refractivity contribution in [2.75, 3.05) is 6.61 Å². The van der Waals surface area contributed by atoms with Gasteiger partial charge in [-0.25, -0.2) is 4.79 Å². The molecule has 1 aliphatic carbocycles. The molecule has 1 fully saturated rings. The van der Waals surface area contributed by atoms with Crippen LogP contribution in [0.15, 0.2) is 24.3 Å². The van der Waals surface area contributed by atoms with Crippen molar-refractivity contribution in [2.24, 2.45) is 17.8 Å². The smallest absolute Gasteiger partial charge is 0.326 e. The van der Waals surface area contributed by atoms with E-state index in [2.05, 4.69) is 19.2 Å². The summed E-state index contributed by atoms with van der Waals surface area (Å²) in [5, 5.41) is 12.2. The van der Waals surface area contributed by atoms with E-state index in [1.54, 1.807) is 0 Å². The van der Waals surface area contributed by atoms with Gasteiger partial charge < -0.3 is 15.2 Å². The molecule has 5 nitrogen and oxygen atoms in total. The number of amides is 1. The van der Waals surface area contributed by atoms with Crippen LogP contribution in [0.25, 0.3) is 0 Å². The second-order valence-electron chi connectivity index (χ2n) is 7.54. The molecular formula is C21H31NO4. The number of hydrogen-bond donors (Lipinski definition) is 2. The Hall–Kier alpha value is -2.04. The normalized spacial score (nSPS) is 21.2. The summed E-state index contributed by atoms with van der Waals surface area (Å²) in [6.07, 6.45) is 4.07. The van der Waals surface area contributed by atoms with Crippen molar-refractivity contribution < 1.29 is 19.4 Å². The summed E-state index contributed by atoms with van der Waals surface area (Å²) in [4.78, 5) is 24.1. The lowest BCUT2D eigenvalue weighted by Crippen LogP contribution is -2.45. The van der Waals surface area contributed by atoms with Gasteiger partial charge in [-0.15, -0.1) is 0 Å². The molecule has 1 aromatic carbocycles. The predicted molar refractivity (Wildman–Crippen MR) is 101 cm³/mol. The zero-order valence-electron chi connectivity index (χ0n) is 16.0. The number of hydrogen-bond acceptors (Lipinski definition) is 3. The predicted octanol–water partition coefficient (Wildman–Crippen LogP) is 3.66. The van der Waals surface area contributed by atoms with Gasteiger partial charge in [-0.3, -0.25) is 4.79 Å². The maximum Gasteiger partial charge on any atom is 0.326 e. The lowest BCUT2D eigenvalue weighted by atomic mass is 9.76. The molecule has 2 rings (SSSR count). The summed E-state index contributed by atoms with van der Waals surface area (Å²) >= 11 is 0. The van der Waals surface area contributed by atoms with Gasteiger partial charge in [-0.1, -0.05) is 26.0 Å². The summed E-state index contributed by atoms with van der Waals surface area (Å²) < 4.78 is 5.40. The molecule has 2 N–H and O–H groups in total. The Morgan fingerprint density at radius 3 is 2.27 bits per heavy atom. The maximum atomic E-state index is 12.5. The molecule has 0 spiro atoms. The third-order valence-electron chi connectivity index (χ3n) is 5.37. The third kappa shape index (κ3) is 5.75. The summed E-state index contributed by atoms with van der Waals surface area (Å²) in [5.74, 6) is 0.901. The number of aliphatic carboxylic acids is 1. The minimum atomic E-state index is -0.997. The molecule has 0 heterocycles. The van der Waals surface area contributed by atoms with Gasteiger partial charge in [0.15, 0.2) is 0 Å². The Labute approximate surface area is 156 Å². The average molecular weight is 361 g/mol. The number of rotatable bonds is 8. The summed E-state index contributed by atoms with van der Waals surface area (Å²) in [7, 11) is 0. The molecule has 5 heteroatoms. The Morgan fingerprint density at radius 1 is 1.15 bits per heavy atom. The first-order chi connectivity index (χ1) is 12.4. The fraction of sp³-hybridized carbons (Fsp3) is 0.619. The molecule has 1 atom stereocenters. The van der Waals surface area contributed by atoms with Crippen LogP contribution in [0.2, 0.25) is 0 Å². The monoisotopic (exact) mass is 361 g/mol. The molecule has 0 aromatic heterocycles. The van der Waals surface area contributed by atoms with Gasteiger partial charge in [0, 0.05) is 12.3 Å². The van der Waals surface area contributed by atoms with Crippen molar-refractivity contribution in [3.63, 3.8) is 0 Å². The first-order valence-corrected chi connectivity index (χ1v) is 9.65. The standard InChI is InChI=1S/C21H31NO4/c1-4-26-18-11-5-15(6-12-18)13-19(21(24)25)22-20(23)17-9-7-16(8-10-17)14(2)3/h5-6,11-12,14,16-17,19H,4,7-10,13H2,1-3H3,(H,22,23)(H,24,25)/t16-,17-,19-/m0/s1. The zero-order valence-corrected chi connectivity index (χ0v) is 16.0. The van der Waals surface area contributed by atoms with Gasteiger partial charge in [0.2, 0.25) is 5.91 Å². The van der Waals surface area contributed by atoms with Crippen LogP contribution in [-0.2, 0) is 16.0 Å². The first kappa shape index (κ1) is 20.3. The number of benzene rings is 1. The molecular weight excluding hydrogens is 330 g/mol. The molecule has 0 unspecified atom stereocenters. The van der Waals surface area contributed by atoms with Crippen molar-refractivity contribution in [3.05, 3.63) is 29.8 Å². The van der Waals surface area contributed by atoms with Gasteiger partial charge in [0.05, 0.1) is 6.61 Å². The van der Waals surface area contributed by atoms with Crippen LogP contribution in [-0.4, -0.2) is 29.6 Å². The van der Waals surface area contributed by atoms with Gasteiger partial charge in [0.25, 0.3) is 0 Å². The minimum Gasteiger partial charge on any atom is -0.494 e. The van der Waals surface area contributed by atoms with E-state index in [1.807, 2.05) is 31.2 Å². The molecule has 0 saturated heterocycles. The lowest BCUT2D eigenvalue weighted by molar-refractivity contribution is -0.142. The second kappa shape index (κ2) is 9.60. The number of carbonyl (C=O) groups is 2. The number of carboxylic acids is 1. The van der Waals surface area contributed by atoms with E-state index < -0.39 is 12.0 Å². The topological polar surface area (TPSA) is 75.6 Å². The van der Waals surface area contributed by atoms with Crippen LogP contribution in [0, 0.1) is 17.8 Å². The summed E-state index contributed by atoms with van der Waals surface area (Å²) in [6.45, 7) is 6.95. The molecule has 0 bridgehead atoms. The first-order valence-electron chi connectivity index (χ1n) is 9.65. The Morgan fingerprint density at radius 2 is 1.77 bits per heavy atom. The molecule has 0 aliphatic heterocycles. The molecule has 1 amide bonds. The van der Waals surface area contributed by atoms with Crippen LogP contribution in [0.1, 0.15) is 52.0 Å². The van der Waals surface area contributed by atoms with Crippen molar-refractivity contribution >= 4 is 11.9 Å². The summed E-state index contributed by atoms with van der Waals surface area (Å²) in [6, 6.07) is 6.45. The van der Waals surface area contributed by atoms with Gasteiger partial charge >= 0.3 is 5.97 Å². The number of ether oxygens (including phenoxy) is 1. The van der Waals surface area contributed by atoms with Crippen molar-refractivity contribution in [1.82, 2.24) is 5.32 Å². The highest BCUT2D eigenvalue weighted by Gasteiger charge is 2.30. The Bertz CT molecular complexity index is 589. The summed E-state index contributed by atoms with van der Waals surface area (Å²) in [5.41, 5.74) is 0.865. The van der Waals surface area contributed by atoms with Crippen LogP contribution in [0.4, 0.5) is 0 Å². The van der Waals surface area contributed by atoms with E-state index in [0.717, 1.165) is 37.0 Å². The third-order valence-corrected chi connectivity index (χ3v) is 5.37. The van der Waals surface area contributed by atoms with E-state index in [4.69, 9.17) is 4.74 Å². The van der Waals surface area contributed by atoms with Gasteiger partial charge in [0.1, 0.15) is 11.8 Å². The molecule has 1 saturated carbocycles. The zero-order chi connectivity index (χ0) is 19.1. The van der Waals surface area contributed by atoms with E-state index in [9.17, 15) is 14.7 Å². The molecule has 0 radical (unpaired) electrons. The Kier molecular flexibility index (Phi) is 7.49. The Balaban J connectivity index is 1.91. The van der Waals surface area contributed by atoms with Crippen LogP contribution < -0.4 is 10.1 Å². The highest BCUT2D eigenvalue weighted by molar-refractivity contribution is 5.85. The highest BCUT2D eigenvalue weighted by Crippen LogP contribution is 2.33. The maximum absolute atomic E-state index is 12.5. The fourth-order valence-electron chi connectivity index (χ4n) is 3.66. The van der Waals surface area contributed by atoms with Crippen molar-refractivity contribution in [2.45, 2.75) is 58.9 Å². The molecule has 26 heavy (non-hydrogen) atoms. The van der Waals surface area contributed by atoms with Crippen LogP contribution >= 0.6 is 0 Å². The second-order valence-corrected chi connectivity index (χ2v) is 7.54. The van der Waals surface area contributed by atoms with E-state index in [1.165, 1.54) is 0 Å². The molecule has 1 aromatic rings. The van der Waals surface area contributed by atoms with Crippen molar-refractivity contribution in [3.8, 4) is 5.75 Å². The van der Waals surface area contributed by atoms with E-state index in [-0.39, 0.29) is 18.2 Å². The van der Waals surface area contributed by atoms with Crippen LogP contribution in [0.5, 0.6) is 5.75 Å². The number of carbonyl (C=O) groups excluding carboxylic acids is 1. The van der Waals surface area contributed by atoms with E-state index in [0.29, 0.717) is 18.4 Å². The number of nitrogens with one attached hydrogen (secondary N) is 1. The largest absolute Gasteiger partial charge is 0.494 e. The molecule has 1 aliphatic rings. The van der Waals surface area contributed by atoms with Gasteiger partial charge in [-0.2, -0.15) is 0 Å². The molecule has 144 valence electrons. The van der Waals surface area contributed by atoms with E-state index >= 15 is 0 Å². The van der Waals surface area contributed by atoms with Crippen LogP contribution in [0.3, 0.4) is 0 Å². The fourth-order valence-corrected chi connectivity index (χ4v) is 3.66. The average Bonchev–Trinajstić information content (AvgIpc) is 2.62. The van der Waals surface area contributed by atoms with Gasteiger partial charge in [-0.05, 0) is 62.1 Å².